The summed E-state index contributed by atoms with van der Waals surface area (Å²) in [7, 11) is 0. The third-order valence-electron chi connectivity index (χ3n) is 5.10. The van der Waals surface area contributed by atoms with Gasteiger partial charge in [0.15, 0.2) is 0 Å². The van der Waals surface area contributed by atoms with Crippen molar-refractivity contribution >= 4 is 0 Å². The molecule has 0 spiro atoms. The van der Waals surface area contributed by atoms with Crippen molar-refractivity contribution in [3.8, 4) is 0 Å². The molecule has 6 nitrogen and oxygen atoms in total. The molecule has 0 aromatic heterocycles. The molecule has 1 heterocycles. The number of rotatable bonds is 4. The van der Waals surface area contributed by atoms with Crippen molar-refractivity contribution in [3.63, 3.8) is 0 Å². The Labute approximate surface area is 150 Å². The lowest BCUT2D eigenvalue weighted by Crippen LogP contribution is -2.47. The van der Waals surface area contributed by atoms with Crippen molar-refractivity contribution in [1.82, 2.24) is 31.1 Å². The van der Waals surface area contributed by atoms with Gasteiger partial charge in [-0.1, -0.05) is 13.8 Å². The van der Waals surface area contributed by atoms with Gasteiger partial charge in [0.05, 0.1) is 0 Å². The maximum absolute atomic E-state index is 3.60. The molecule has 0 aromatic rings. The second-order valence-electron chi connectivity index (χ2n) is 7.03. The Bertz CT molecular complexity index is 245. The predicted octanol–water partition coefficient (Wildman–Crippen LogP) is 1.17. The molecule has 144 valence electrons. The van der Waals surface area contributed by atoms with Gasteiger partial charge in [-0.25, -0.2) is 0 Å². The van der Waals surface area contributed by atoms with Gasteiger partial charge < -0.3 is 21.3 Å². The first-order chi connectivity index (χ1) is 11.7. The van der Waals surface area contributed by atoms with Crippen LogP contribution >= 0.6 is 0 Å². The van der Waals surface area contributed by atoms with Crippen LogP contribution in [-0.4, -0.2) is 74.7 Å². The number of hydrogen-bond donors (Lipinski definition) is 4. The van der Waals surface area contributed by atoms with Crippen LogP contribution in [0.2, 0.25) is 0 Å². The minimum atomic E-state index is 0.615. The van der Waals surface area contributed by atoms with Crippen LogP contribution in [0.3, 0.4) is 0 Å². The molecule has 4 N–H and O–H groups in total. The first-order valence-electron chi connectivity index (χ1n) is 10.00. The van der Waals surface area contributed by atoms with Crippen LogP contribution in [-0.2, 0) is 0 Å². The van der Waals surface area contributed by atoms with E-state index >= 15 is 0 Å². The van der Waals surface area contributed by atoms with Crippen LogP contribution in [0.5, 0.6) is 0 Å². The number of nitrogens with zero attached hydrogens (tertiary/aromatic N) is 2. The largest absolute Gasteiger partial charge is 0.304 e. The van der Waals surface area contributed by atoms with E-state index in [1.54, 1.807) is 0 Å². The van der Waals surface area contributed by atoms with Gasteiger partial charge in [-0.15, -0.1) is 0 Å². The molecule has 0 radical (unpaired) electrons. The second kappa shape index (κ2) is 14.0. The topological polar surface area (TPSA) is 54.6 Å². The highest BCUT2D eigenvalue weighted by Gasteiger charge is 2.12. The van der Waals surface area contributed by atoms with E-state index in [0.29, 0.717) is 12.1 Å². The van der Waals surface area contributed by atoms with Gasteiger partial charge >= 0.3 is 0 Å². The smallest absolute Gasteiger partial charge is 0.0495 e. The normalized spacial score (nSPS) is 24.5. The van der Waals surface area contributed by atoms with Crippen LogP contribution in [0, 0.1) is 0 Å². The van der Waals surface area contributed by atoms with E-state index in [-0.39, 0.29) is 0 Å². The number of hydrogen-bond acceptors (Lipinski definition) is 6. The van der Waals surface area contributed by atoms with Gasteiger partial charge in [-0.05, 0) is 65.7 Å². The zero-order valence-electron chi connectivity index (χ0n) is 16.5. The summed E-state index contributed by atoms with van der Waals surface area (Å²) in [5.41, 5.74) is 0. The highest BCUT2D eigenvalue weighted by Crippen LogP contribution is 2.01. The summed E-state index contributed by atoms with van der Waals surface area (Å²) in [5.74, 6) is 0. The first kappa shape index (κ1) is 21.8. The molecule has 0 aromatic carbocycles. The fourth-order valence-corrected chi connectivity index (χ4v) is 2.82. The van der Waals surface area contributed by atoms with E-state index in [9.17, 15) is 0 Å². The molecule has 1 saturated heterocycles. The van der Waals surface area contributed by atoms with Gasteiger partial charge in [0.25, 0.3) is 0 Å². The SMILES string of the molecule is CCC(C)N1CNCCCNCN(C(C)CC)CNCCCNC1. The Kier molecular flexibility index (Phi) is 12.7. The fourth-order valence-electron chi connectivity index (χ4n) is 2.82. The Balaban J connectivity index is 2.41. The fraction of sp³-hybridized carbons (Fsp3) is 1.00. The Morgan fingerprint density at radius 1 is 0.625 bits per heavy atom. The standard InChI is InChI=1S/C18H42N6/c1-5-17(3)23-13-19-9-7-11-21-15-24(18(4)6-2)16-22-12-8-10-20-14-23/h17-22H,5-16H2,1-4H3. The first-order valence-corrected chi connectivity index (χ1v) is 10.00. The average molecular weight is 343 g/mol. The summed E-state index contributed by atoms with van der Waals surface area (Å²) >= 11 is 0. The van der Waals surface area contributed by atoms with E-state index in [2.05, 4.69) is 58.8 Å². The van der Waals surface area contributed by atoms with Crippen LogP contribution < -0.4 is 21.3 Å². The molecule has 1 aliphatic rings. The van der Waals surface area contributed by atoms with Crippen molar-refractivity contribution in [3.05, 3.63) is 0 Å². The maximum Gasteiger partial charge on any atom is 0.0495 e. The van der Waals surface area contributed by atoms with E-state index in [1.165, 1.54) is 25.7 Å². The van der Waals surface area contributed by atoms with Crippen molar-refractivity contribution in [1.29, 1.82) is 0 Å². The van der Waals surface area contributed by atoms with Crippen molar-refractivity contribution < 1.29 is 0 Å². The third kappa shape index (κ3) is 9.30. The van der Waals surface area contributed by atoms with Gasteiger partial charge in [0.2, 0.25) is 0 Å². The third-order valence-corrected chi connectivity index (χ3v) is 5.10. The molecule has 2 unspecified atom stereocenters. The molecule has 0 amide bonds. The maximum atomic E-state index is 3.60. The van der Waals surface area contributed by atoms with E-state index in [0.717, 1.165) is 52.9 Å². The molecule has 0 aliphatic carbocycles. The lowest BCUT2D eigenvalue weighted by Gasteiger charge is -2.30. The average Bonchev–Trinajstić information content (AvgIpc) is 2.60. The summed E-state index contributed by atoms with van der Waals surface area (Å²) in [6.07, 6.45) is 4.73. The lowest BCUT2D eigenvalue weighted by molar-refractivity contribution is 0.165. The zero-order valence-corrected chi connectivity index (χ0v) is 16.5. The second-order valence-corrected chi connectivity index (χ2v) is 7.03. The summed E-state index contributed by atoms with van der Waals surface area (Å²) in [6.45, 7) is 17.3. The molecule has 24 heavy (non-hydrogen) atoms. The van der Waals surface area contributed by atoms with Crippen molar-refractivity contribution in [2.45, 2.75) is 65.5 Å². The zero-order chi connectivity index (χ0) is 17.6. The monoisotopic (exact) mass is 342 g/mol. The molecule has 1 fully saturated rings. The summed E-state index contributed by atoms with van der Waals surface area (Å²) < 4.78 is 0. The van der Waals surface area contributed by atoms with Crippen LogP contribution in [0.15, 0.2) is 0 Å². The van der Waals surface area contributed by atoms with Gasteiger partial charge in [0.1, 0.15) is 0 Å². The van der Waals surface area contributed by atoms with Crippen LogP contribution in [0.1, 0.15) is 53.4 Å². The molecule has 1 aliphatic heterocycles. The van der Waals surface area contributed by atoms with Crippen molar-refractivity contribution in [2.24, 2.45) is 0 Å². The van der Waals surface area contributed by atoms with Crippen molar-refractivity contribution in [2.75, 3.05) is 52.9 Å². The molecular formula is C18H42N6. The van der Waals surface area contributed by atoms with Gasteiger partial charge in [-0.2, -0.15) is 0 Å². The summed E-state index contributed by atoms with van der Waals surface area (Å²) in [4.78, 5) is 4.99. The number of nitrogens with one attached hydrogen (secondary N) is 4. The Hall–Kier alpha value is -0.240. The van der Waals surface area contributed by atoms with Gasteiger partial charge in [0, 0.05) is 38.8 Å². The molecule has 6 heteroatoms. The van der Waals surface area contributed by atoms with E-state index < -0.39 is 0 Å². The Morgan fingerprint density at radius 3 is 1.17 bits per heavy atom. The molecule has 1 rings (SSSR count). The highest BCUT2D eigenvalue weighted by molar-refractivity contribution is 4.67. The van der Waals surface area contributed by atoms with E-state index in [4.69, 9.17) is 0 Å². The lowest BCUT2D eigenvalue weighted by atomic mass is 10.2. The van der Waals surface area contributed by atoms with Gasteiger partial charge in [-0.3, -0.25) is 9.80 Å². The van der Waals surface area contributed by atoms with E-state index in [1.807, 2.05) is 0 Å². The summed E-state index contributed by atoms with van der Waals surface area (Å²) in [6, 6.07) is 1.23. The minimum Gasteiger partial charge on any atom is -0.304 e. The molecule has 0 bridgehead atoms. The van der Waals surface area contributed by atoms with Crippen LogP contribution in [0.25, 0.3) is 0 Å². The summed E-state index contributed by atoms with van der Waals surface area (Å²) in [5, 5.41) is 14.4. The molecular weight excluding hydrogens is 300 g/mol. The van der Waals surface area contributed by atoms with Crippen LogP contribution in [0.4, 0.5) is 0 Å². The molecule has 0 saturated carbocycles. The Morgan fingerprint density at radius 2 is 0.917 bits per heavy atom. The highest BCUT2D eigenvalue weighted by atomic mass is 15.3. The quantitative estimate of drug-likeness (QED) is 0.615. The molecule has 2 atom stereocenters. The predicted molar refractivity (Wildman–Crippen MR) is 104 cm³/mol. The minimum absolute atomic E-state index is 0.615.